The van der Waals surface area contributed by atoms with Crippen molar-refractivity contribution in [2.75, 3.05) is 32.8 Å². The molecule has 0 saturated carbocycles. The third-order valence-electron chi connectivity index (χ3n) is 3.72. The average Bonchev–Trinajstić information content (AvgIpc) is 2.63. The summed E-state index contributed by atoms with van der Waals surface area (Å²) >= 11 is 0. The van der Waals surface area contributed by atoms with Crippen LogP contribution in [0, 0.1) is 0 Å². The smallest absolute Gasteiger partial charge is 0.222 e. The second-order valence-corrected chi connectivity index (χ2v) is 6.56. The van der Waals surface area contributed by atoms with Crippen LogP contribution in [0.5, 0.6) is 11.5 Å². The number of benzene rings is 1. The molecule has 0 aromatic heterocycles. The van der Waals surface area contributed by atoms with Crippen LogP contribution in [-0.4, -0.2) is 50.8 Å². The summed E-state index contributed by atoms with van der Waals surface area (Å²) in [4.78, 5) is 16.2. The topological polar surface area (TPSA) is 84.0 Å². The first kappa shape index (κ1) is 27.3. The van der Waals surface area contributed by atoms with Gasteiger partial charge in [-0.25, -0.2) is 0 Å². The molecular formula is C21H37IN4O3. The number of halogens is 1. The lowest BCUT2D eigenvalue weighted by Gasteiger charge is -2.14. The molecule has 1 aromatic carbocycles. The second-order valence-electron chi connectivity index (χ2n) is 6.56. The van der Waals surface area contributed by atoms with Gasteiger partial charge in [0.05, 0.1) is 19.8 Å². The molecule has 0 atom stereocenters. The molecule has 0 bridgehead atoms. The van der Waals surface area contributed by atoms with Gasteiger partial charge in [-0.1, -0.05) is 6.07 Å². The van der Waals surface area contributed by atoms with Crippen LogP contribution in [0.1, 0.15) is 46.6 Å². The molecule has 0 fully saturated rings. The lowest BCUT2D eigenvalue weighted by Crippen LogP contribution is -2.38. The van der Waals surface area contributed by atoms with E-state index >= 15 is 0 Å². The number of rotatable bonds is 12. The summed E-state index contributed by atoms with van der Waals surface area (Å²) in [5.74, 6) is 2.29. The highest BCUT2D eigenvalue weighted by atomic mass is 127. The first-order chi connectivity index (χ1) is 13.5. The van der Waals surface area contributed by atoms with E-state index in [1.54, 1.807) is 0 Å². The van der Waals surface area contributed by atoms with E-state index in [0.29, 0.717) is 26.2 Å². The zero-order chi connectivity index (χ0) is 20.8. The van der Waals surface area contributed by atoms with Crippen molar-refractivity contribution in [3.63, 3.8) is 0 Å². The van der Waals surface area contributed by atoms with Crippen molar-refractivity contribution in [1.29, 1.82) is 0 Å². The van der Waals surface area contributed by atoms with Crippen LogP contribution in [0.4, 0.5) is 0 Å². The SMILES string of the molecule is CCNC(=NCCC(=O)NC(C)C)NCCc1ccc(OCC)c(OCC)c1.I. The molecule has 0 aliphatic carbocycles. The number of nitrogens with zero attached hydrogens (tertiary/aromatic N) is 1. The Hall–Kier alpha value is -1.71. The van der Waals surface area contributed by atoms with E-state index in [0.717, 1.165) is 42.5 Å². The monoisotopic (exact) mass is 520 g/mol. The standard InChI is InChI=1S/C21H36N4O3.HI/c1-6-22-21(24-14-12-20(26)25-16(4)5)23-13-11-17-9-10-18(27-7-2)19(15-17)28-8-3;/h9-10,15-16H,6-8,11-14H2,1-5H3,(H,25,26)(H2,22,23,24);1H. The number of hydrogen-bond acceptors (Lipinski definition) is 4. The fourth-order valence-corrected chi connectivity index (χ4v) is 2.58. The minimum Gasteiger partial charge on any atom is -0.490 e. The third-order valence-corrected chi connectivity index (χ3v) is 3.72. The first-order valence-electron chi connectivity index (χ1n) is 10.2. The molecule has 0 aliphatic rings. The Balaban J connectivity index is 0.00000784. The molecule has 0 saturated heterocycles. The molecule has 0 aliphatic heterocycles. The Kier molecular flexibility index (Phi) is 15.2. The number of ether oxygens (including phenoxy) is 2. The summed E-state index contributed by atoms with van der Waals surface area (Å²) in [7, 11) is 0. The lowest BCUT2D eigenvalue weighted by molar-refractivity contribution is -0.121. The normalized spacial score (nSPS) is 10.9. The molecule has 1 amide bonds. The maximum atomic E-state index is 11.7. The number of hydrogen-bond donors (Lipinski definition) is 3. The minimum absolute atomic E-state index is 0. The fourth-order valence-electron chi connectivity index (χ4n) is 2.58. The molecule has 0 spiro atoms. The summed E-state index contributed by atoms with van der Waals surface area (Å²) < 4.78 is 11.3. The van der Waals surface area contributed by atoms with Gasteiger partial charge in [0.25, 0.3) is 0 Å². The maximum Gasteiger partial charge on any atom is 0.222 e. The van der Waals surface area contributed by atoms with E-state index in [-0.39, 0.29) is 35.9 Å². The van der Waals surface area contributed by atoms with Crippen molar-refractivity contribution >= 4 is 35.8 Å². The van der Waals surface area contributed by atoms with Gasteiger partial charge in [0, 0.05) is 25.6 Å². The molecule has 1 aromatic rings. The van der Waals surface area contributed by atoms with Crippen molar-refractivity contribution in [2.45, 2.75) is 53.5 Å². The first-order valence-corrected chi connectivity index (χ1v) is 10.2. The summed E-state index contributed by atoms with van der Waals surface area (Å²) in [6.45, 7) is 13.0. The Bertz CT molecular complexity index is 624. The maximum absolute atomic E-state index is 11.7. The van der Waals surface area contributed by atoms with Crippen LogP contribution in [0.2, 0.25) is 0 Å². The zero-order valence-corrected chi connectivity index (χ0v) is 20.7. The fraction of sp³-hybridized carbons (Fsp3) is 0.619. The highest BCUT2D eigenvalue weighted by Crippen LogP contribution is 2.28. The third kappa shape index (κ3) is 11.8. The van der Waals surface area contributed by atoms with Gasteiger partial charge in [-0.05, 0) is 58.7 Å². The quantitative estimate of drug-likeness (QED) is 0.224. The van der Waals surface area contributed by atoms with Crippen molar-refractivity contribution < 1.29 is 14.3 Å². The van der Waals surface area contributed by atoms with E-state index in [4.69, 9.17) is 9.47 Å². The number of amides is 1. The van der Waals surface area contributed by atoms with Gasteiger partial charge < -0.3 is 25.4 Å². The van der Waals surface area contributed by atoms with Crippen LogP contribution in [0.15, 0.2) is 23.2 Å². The molecule has 8 heteroatoms. The number of aliphatic imine (C=N–C) groups is 1. The highest BCUT2D eigenvalue weighted by molar-refractivity contribution is 14.0. The summed E-state index contributed by atoms with van der Waals surface area (Å²) in [6, 6.07) is 6.18. The summed E-state index contributed by atoms with van der Waals surface area (Å²) in [6.07, 6.45) is 1.20. The van der Waals surface area contributed by atoms with Gasteiger partial charge in [0.15, 0.2) is 17.5 Å². The van der Waals surface area contributed by atoms with Crippen LogP contribution < -0.4 is 25.4 Å². The van der Waals surface area contributed by atoms with Gasteiger partial charge in [0.2, 0.25) is 5.91 Å². The molecule has 166 valence electrons. The van der Waals surface area contributed by atoms with Crippen molar-refractivity contribution in [3.8, 4) is 11.5 Å². The minimum atomic E-state index is 0. The van der Waals surface area contributed by atoms with Gasteiger partial charge >= 0.3 is 0 Å². The van der Waals surface area contributed by atoms with Crippen molar-refractivity contribution in [3.05, 3.63) is 23.8 Å². The number of guanidine groups is 1. The van der Waals surface area contributed by atoms with Crippen LogP contribution in [0.3, 0.4) is 0 Å². The van der Waals surface area contributed by atoms with Gasteiger partial charge in [0.1, 0.15) is 0 Å². The molecule has 1 rings (SSSR count). The second kappa shape index (κ2) is 16.1. The van der Waals surface area contributed by atoms with Gasteiger partial charge in [-0.3, -0.25) is 9.79 Å². The largest absolute Gasteiger partial charge is 0.490 e. The summed E-state index contributed by atoms with van der Waals surface area (Å²) in [5, 5.41) is 9.38. The molecule has 0 unspecified atom stereocenters. The Morgan fingerprint density at radius 1 is 1.07 bits per heavy atom. The molecule has 3 N–H and O–H groups in total. The number of carbonyl (C=O) groups is 1. The summed E-state index contributed by atoms with van der Waals surface area (Å²) in [5.41, 5.74) is 1.16. The molecule has 0 heterocycles. The van der Waals surface area contributed by atoms with E-state index in [1.807, 2.05) is 46.8 Å². The molecule has 7 nitrogen and oxygen atoms in total. The molecule has 0 radical (unpaired) electrons. The van der Waals surface area contributed by atoms with Gasteiger partial charge in [-0.2, -0.15) is 0 Å². The zero-order valence-electron chi connectivity index (χ0n) is 18.3. The van der Waals surface area contributed by atoms with E-state index < -0.39 is 0 Å². The molecular weight excluding hydrogens is 483 g/mol. The van der Waals surface area contributed by atoms with E-state index in [1.165, 1.54) is 0 Å². The Labute approximate surface area is 192 Å². The van der Waals surface area contributed by atoms with Crippen molar-refractivity contribution in [2.24, 2.45) is 4.99 Å². The van der Waals surface area contributed by atoms with E-state index in [9.17, 15) is 4.79 Å². The van der Waals surface area contributed by atoms with Crippen molar-refractivity contribution in [1.82, 2.24) is 16.0 Å². The average molecular weight is 520 g/mol. The number of nitrogens with one attached hydrogen (secondary N) is 3. The van der Waals surface area contributed by atoms with Crippen LogP contribution in [-0.2, 0) is 11.2 Å². The highest BCUT2D eigenvalue weighted by Gasteiger charge is 2.07. The lowest BCUT2D eigenvalue weighted by atomic mass is 10.1. The predicted molar refractivity (Wildman–Crippen MR) is 130 cm³/mol. The number of carbonyl (C=O) groups excluding carboxylic acids is 1. The predicted octanol–water partition coefficient (Wildman–Crippen LogP) is 3.11. The Morgan fingerprint density at radius 2 is 1.76 bits per heavy atom. The van der Waals surface area contributed by atoms with Crippen LogP contribution >= 0.6 is 24.0 Å². The van der Waals surface area contributed by atoms with Crippen LogP contribution in [0.25, 0.3) is 0 Å². The molecule has 29 heavy (non-hydrogen) atoms. The van der Waals surface area contributed by atoms with E-state index in [2.05, 4.69) is 27.0 Å². The van der Waals surface area contributed by atoms with Gasteiger partial charge in [-0.15, -0.1) is 24.0 Å². The Morgan fingerprint density at radius 3 is 2.38 bits per heavy atom.